The number of nitrogens with one attached hydrogen (secondary N) is 1. The third kappa shape index (κ3) is 6.04. The molecule has 0 aliphatic carbocycles. The second-order valence-electron chi connectivity index (χ2n) is 5.45. The summed E-state index contributed by atoms with van der Waals surface area (Å²) >= 11 is 1.69. The van der Waals surface area contributed by atoms with Gasteiger partial charge in [0.15, 0.2) is 0 Å². The van der Waals surface area contributed by atoms with E-state index in [1.54, 1.807) is 23.9 Å². The van der Waals surface area contributed by atoms with E-state index in [-0.39, 0.29) is 10.7 Å². The largest absolute Gasteiger partial charge is 0.478 e. The Morgan fingerprint density at radius 2 is 2.00 bits per heavy atom. The number of aliphatic carboxylic acids is 1. The number of benzene rings is 1. The lowest BCUT2D eigenvalue weighted by molar-refractivity contribution is -0.131. The van der Waals surface area contributed by atoms with Crippen LogP contribution < -0.4 is 5.32 Å². The summed E-state index contributed by atoms with van der Waals surface area (Å²) in [4.78, 5) is 22.7. The Hall–Kier alpha value is -1.75. The molecule has 4 nitrogen and oxygen atoms in total. The molecule has 1 aromatic carbocycles. The average Bonchev–Trinajstić information content (AvgIpc) is 2.42. The van der Waals surface area contributed by atoms with Crippen LogP contribution in [0.25, 0.3) is 6.08 Å². The molecule has 1 amide bonds. The number of aryl methyl sites for hydroxylation is 1. The highest BCUT2D eigenvalue weighted by molar-refractivity contribution is 7.99. The van der Waals surface area contributed by atoms with Gasteiger partial charge >= 0.3 is 5.97 Å². The molecule has 0 unspecified atom stereocenters. The third-order valence-electron chi connectivity index (χ3n) is 3.01. The fourth-order valence-corrected chi connectivity index (χ4v) is 1.89. The average molecular weight is 307 g/mol. The van der Waals surface area contributed by atoms with E-state index in [0.29, 0.717) is 17.7 Å². The molecule has 2 N–H and O–H groups in total. The first-order valence-corrected chi connectivity index (χ1v) is 7.82. The quantitative estimate of drug-likeness (QED) is 0.793. The van der Waals surface area contributed by atoms with Crippen LogP contribution in [-0.4, -0.2) is 34.5 Å². The Balaban J connectivity index is 2.87. The summed E-state index contributed by atoms with van der Waals surface area (Å²) in [7, 11) is 0. The third-order valence-corrected chi connectivity index (χ3v) is 4.26. The van der Waals surface area contributed by atoms with Crippen LogP contribution in [0.2, 0.25) is 0 Å². The number of carbonyl (C=O) groups excluding carboxylic acids is 1. The van der Waals surface area contributed by atoms with Gasteiger partial charge in [-0.15, -0.1) is 0 Å². The first kappa shape index (κ1) is 17.3. The number of hydrogen-bond acceptors (Lipinski definition) is 3. The number of carbonyl (C=O) groups is 2. The smallest absolute Gasteiger partial charge is 0.328 e. The Morgan fingerprint density at radius 3 is 2.57 bits per heavy atom. The maximum Gasteiger partial charge on any atom is 0.328 e. The van der Waals surface area contributed by atoms with E-state index in [1.165, 1.54) is 6.08 Å². The molecule has 21 heavy (non-hydrogen) atoms. The molecule has 1 aromatic rings. The fourth-order valence-electron chi connectivity index (χ4n) is 1.67. The Kier molecular flexibility index (Phi) is 6.03. The van der Waals surface area contributed by atoms with Gasteiger partial charge in [0.25, 0.3) is 5.91 Å². The standard InChI is InChI=1S/C16H21NO3S/c1-11-7-12(5-6-14(18)19)9-13(8-11)15(20)17-10-16(2,3)21-4/h5-9H,10H2,1-4H3,(H,17,20)(H,18,19)/b6-5+. The Morgan fingerprint density at radius 1 is 1.33 bits per heavy atom. The molecule has 0 aliphatic heterocycles. The van der Waals surface area contributed by atoms with Gasteiger partial charge in [0, 0.05) is 22.9 Å². The molecule has 0 fully saturated rings. The number of thioether (sulfide) groups is 1. The zero-order chi connectivity index (χ0) is 16.0. The Labute approximate surface area is 129 Å². The van der Waals surface area contributed by atoms with Crippen molar-refractivity contribution in [2.75, 3.05) is 12.8 Å². The molecule has 5 heteroatoms. The zero-order valence-electron chi connectivity index (χ0n) is 12.8. The number of carboxylic acids is 1. The van der Waals surface area contributed by atoms with Gasteiger partial charge in [0.2, 0.25) is 0 Å². The van der Waals surface area contributed by atoms with Crippen LogP contribution in [-0.2, 0) is 4.79 Å². The summed E-state index contributed by atoms with van der Waals surface area (Å²) < 4.78 is -0.0223. The number of carboxylic acid groups (broad SMARTS) is 1. The van der Waals surface area contributed by atoms with Crippen molar-refractivity contribution in [3.63, 3.8) is 0 Å². The molecular weight excluding hydrogens is 286 g/mol. The van der Waals surface area contributed by atoms with Gasteiger partial charge in [-0.05, 0) is 56.4 Å². The topological polar surface area (TPSA) is 66.4 Å². The highest BCUT2D eigenvalue weighted by Gasteiger charge is 2.17. The van der Waals surface area contributed by atoms with E-state index < -0.39 is 5.97 Å². The van der Waals surface area contributed by atoms with E-state index in [4.69, 9.17) is 5.11 Å². The molecule has 0 saturated carbocycles. The summed E-state index contributed by atoms with van der Waals surface area (Å²) in [6.45, 7) is 6.58. The van der Waals surface area contributed by atoms with Gasteiger partial charge in [-0.3, -0.25) is 4.79 Å². The molecule has 0 heterocycles. The first-order chi connectivity index (χ1) is 9.73. The summed E-state index contributed by atoms with van der Waals surface area (Å²) in [5, 5.41) is 11.6. The predicted octanol–water partition coefficient (Wildman–Crippen LogP) is 2.96. The molecule has 1 rings (SSSR count). The number of rotatable bonds is 6. The number of amides is 1. The molecule has 0 spiro atoms. The van der Waals surface area contributed by atoms with E-state index in [2.05, 4.69) is 19.2 Å². The molecule has 0 radical (unpaired) electrons. The van der Waals surface area contributed by atoms with Crippen molar-refractivity contribution in [2.24, 2.45) is 0 Å². The van der Waals surface area contributed by atoms with Crippen molar-refractivity contribution in [3.8, 4) is 0 Å². The van der Waals surface area contributed by atoms with Gasteiger partial charge in [0.05, 0.1) is 0 Å². The van der Waals surface area contributed by atoms with E-state index in [9.17, 15) is 9.59 Å². The van der Waals surface area contributed by atoms with Crippen LogP contribution in [0.1, 0.15) is 35.3 Å². The highest BCUT2D eigenvalue weighted by atomic mass is 32.2. The van der Waals surface area contributed by atoms with Crippen LogP contribution in [0.15, 0.2) is 24.3 Å². The molecule has 0 bridgehead atoms. The van der Waals surface area contributed by atoms with Crippen LogP contribution in [0, 0.1) is 6.92 Å². The van der Waals surface area contributed by atoms with E-state index in [0.717, 1.165) is 11.6 Å². The summed E-state index contributed by atoms with van der Waals surface area (Å²) in [5.41, 5.74) is 2.15. The molecule has 0 atom stereocenters. The zero-order valence-corrected chi connectivity index (χ0v) is 13.6. The van der Waals surface area contributed by atoms with Crippen LogP contribution in [0.5, 0.6) is 0 Å². The van der Waals surface area contributed by atoms with Gasteiger partial charge < -0.3 is 10.4 Å². The molecule has 114 valence electrons. The lowest BCUT2D eigenvalue weighted by Gasteiger charge is -2.22. The summed E-state index contributed by atoms with van der Waals surface area (Å²) in [5.74, 6) is -1.16. The predicted molar refractivity (Wildman–Crippen MR) is 87.8 cm³/mol. The maximum atomic E-state index is 12.2. The summed E-state index contributed by atoms with van der Waals surface area (Å²) in [6, 6.07) is 5.31. The van der Waals surface area contributed by atoms with Gasteiger partial charge in [-0.1, -0.05) is 6.07 Å². The van der Waals surface area contributed by atoms with Crippen molar-refractivity contribution in [1.82, 2.24) is 5.32 Å². The SMILES string of the molecule is CSC(C)(C)CNC(=O)c1cc(C)cc(/C=C/C(=O)O)c1. The van der Waals surface area contributed by atoms with Crippen molar-refractivity contribution < 1.29 is 14.7 Å². The van der Waals surface area contributed by atoms with Crippen LogP contribution in [0.4, 0.5) is 0 Å². The summed E-state index contributed by atoms with van der Waals surface area (Å²) in [6.07, 6.45) is 4.55. The van der Waals surface area contributed by atoms with Crippen LogP contribution in [0.3, 0.4) is 0 Å². The maximum absolute atomic E-state index is 12.2. The fraction of sp³-hybridized carbons (Fsp3) is 0.375. The highest BCUT2D eigenvalue weighted by Crippen LogP contribution is 2.20. The molecule has 0 aliphatic rings. The number of hydrogen-bond donors (Lipinski definition) is 2. The second-order valence-corrected chi connectivity index (χ2v) is 6.96. The Bertz CT molecular complexity index is 565. The van der Waals surface area contributed by atoms with Crippen LogP contribution >= 0.6 is 11.8 Å². The normalized spacial score (nSPS) is 11.6. The minimum Gasteiger partial charge on any atom is -0.478 e. The lowest BCUT2D eigenvalue weighted by Crippen LogP contribution is -2.36. The van der Waals surface area contributed by atoms with Gasteiger partial charge in [0.1, 0.15) is 0 Å². The lowest BCUT2D eigenvalue weighted by atomic mass is 10.1. The van der Waals surface area contributed by atoms with E-state index in [1.807, 2.05) is 19.2 Å². The monoisotopic (exact) mass is 307 g/mol. The minimum atomic E-state index is -1.01. The molecule has 0 aromatic heterocycles. The van der Waals surface area contributed by atoms with Gasteiger partial charge in [-0.25, -0.2) is 4.79 Å². The van der Waals surface area contributed by atoms with Crippen molar-refractivity contribution in [1.29, 1.82) is 0 Å². The van der Waals surface area contributed by atoms with Crippen molar-refractivity contribution in [2.45, 2.75) is 25.5 Å². The minimum absolute atomic E-state index is 0.0223. The van der Waals surface area contributed by atoms with Gasteiger partial charge in [-0.2, -0.15) is 11.8 Å². The van der Waals surface area contributed by atoms with E-state index >= 15 is 0 Å². The van der Waals surface area contributed by atoms with Crippen molar-refractivity contribution in [3.05, 3.63) is 41.0 Å². The molecule has 0 saturated heterocycles. The second kappa shape index (κ2) is 7.31. The first-order valence-electron chi connectivity index (χ1n) is 6.59. The molecular formula is C16H21NO3S. The van der Waals surface area contributed by atoms with Crippen molar-refractivity contribution >= 4 is 29.7 Å².